The molecule has 0 saturated carbocycles. The lowest BCUT2D eigenvalue weighted by Crippen LogP contribution is -2.31. The van der Waals surface area contributed by atoms with Gasteiger partial charge in [-0.25, -0.2) is 0 Å². The first-order valence-electron chi connectivity index (χ1n) is 4.41. The summed E-state index contributed by atoms with van der Waals surface area (Å²) in [6, 6.07) is 5.05. The molecule has 0 heterocycles. The normalized spacial score (nSPS) is 10.1. The Hall–Kier alpha value is -0.440. The number of hydrogen-bond donors (Lipinski definition) is 0. The molecule has 1 aromatic carbocycles. The maximum Gasteiger partial charge on any atom is 0.241 e. The van der Waals surface area contributed by atoms with E-state index in [4.69, 9.17) is 34.8 Å². The van der Waals surface area contributed by atoms with Gasteiger partial charge in [0.15, 0.2) is 0 Å². The molecule has 0 unspecified atom stereocenters. The molecule has 1 rings (SSSR count). The zero-order valence-corrected chi connectivity index (χ0v) is 10.4. The van der Waals surface area contributed by atoms with Gasteiger partial charge in [0.1, 0.15) is 5.88 Å². The van der Waals surface area contributed by atoms with Crippen LogP contribution in [0.15, 0.2) is 18.2 Å². The van der Waals surface area contributed by atoms with Crippen molar-refractivity contribution in [3.05, 3.63) is 28.2 Å². The minimum absolute atomic E-state index is 0.0475. The van der Waals surface area contributed by atoms with Gasteiger partial charge in [0.2, 0.25) is 5.91 Å². The molecule has 2 nitrogen and oxygen atoms in total. The van der Waals surface area contributed by atoms with Gasteiger partial charge in [-0.2, -0.15) is 0 Å². The van der Waals surface area contributed by atoms with Crippen LogP contribution in [0.4, 0.5) is 5.69 Å². The number of nitrogens with zero attached hydrogens (tertiary/aromatic N) is 1. The van der Waals surface area contributed by atoms with Crippen LogP contribution in [0.1, 0.15) is 6.92 Å². The fraction of sp³-hybridized carbons (Fsp3) is 0.300. The van der Waals surface area contributed by atoms with Gasteiger partial charge in [-0.05, 0) is 25.1 Å². The highest BCUT2D eigenvalue weighted by atomic mass is 35.5. The third kappa shape index (κ3) is 3.00. The van der Waals surface area contributed by atoms with Gasteiger partial charge >= 0.3 is 0 Å². The number of hydrogen-bond acceptors (Lipinski definition) is 1. The largest absolute Gasteiger partial charge is 0.312 e. The fourth-order valence-electron chi connectivity index (χ4n) is 1.23. The van der Waals surface area contributed by atoms with Crippen LogP contribution in [-0.2, 0) is 4.79 Å². The first kappa shape index (κ1) is 12.6. The number of alkyl halides is 1. The average molecular weight is 267 g/mol. The zero-order chi connectivity index (χ0) is 11.4. The Morgan fingerprint density at radius 3 is 2.47 bits per heavy atom. The highest BCUT2D eigenvalue weighted by Gasteiger charge is 2.13. The first-order valence-corrected chi connectivity index (χ1v) is 5.70. The summed E-state index contributed by atoms with van der Waals surface area (Å²) in [6.45, 7) is 2.41. The molecule has 0 spiro atoms. The van der Waals surface area contributed by atoms with Crippen LogP contribution in [0.5, 0.6) is 0 Å². The van der Waals surface area contributed by atoms with E-state index in [2.05, 4.69) is 0 Å². The summed E-state index contributed by atoms with van der Waals surface area (Å²) >= 11 is 17.1. The van der Waals surface area contributed by atoms with Crippen LogP contribution in [0.3, 0.4) is 0 Å². The molecular formula is C10H10Cl3NO. The Morgan fingerprint density at radius 2 is 2.00 bits per heavy atom. The molecule has 1 amide bonds. The maximum absolute atomic E-state index is 11.5. The number of benzene rings is 1. The van der Waals surface area contributed by atoms with E-state index in [0.717, 1.165) is 0 Å². The summed E-state index contributed by atoms with van der Waals surface area (Å²) < 4.78 is 0. The van der Waals surface area contributed by atoms with Crippen molar-refractivity contribution in [2.45, 2.75) is 6.92 Å². The van der Waals surface area contributed by atoms with Crippen LogP contribution < -0.4 is 4.90 Å². The van der Waals surface area contributed by atoms with Crippen molar-refractivity contribution in [1.29, 1.82) is 0 Å². The molecule has 0 N–H and O–H groups in total. The van der Waals surface area contributed by atoms with Gasteiger partial charge in [-0.1, -0.05) is 23.2 Å². The van der Waals surface area contributed by atoms with E-state index in [0.29, 0.717) is 22.3 Å². The monoisotopic (exact) mass is 265 g/mol. The molecule has 0 radical (unpaired) electrons. The van der Waals surface area contributed by atoms with Crippen molar-refractivity contribution < 1.29 is 4.79 Å². The second kappa shape index (κ2) is 5.59. The second-order valence-electron chi connectivity index (χ2n) is 2.87. The summed E-state index contributed by atoms with van der Waals surface area (Å²) in [7, 11) is 0. The number of rotatable bonds is 3. The third-order valence-electron chi connectivity index (χ3n) is 1.95. The Bertz CT molecular complexity index is 368. The molecule has 0 fully saturated rings. The average Bonchev–Trinajstić information content (AvgIpc) is 2.24. The van der Waals surface area contributed by atoms with Gasteiger partial charge in [0.05, 0.1) is 10.0 Å². The van der Waals surface area contributed by atoms with E-state index < -0.39 is 0 Å². The summed E-state index contributed by atoms with van der Waals surface area (Å²) in [5.74, 6) is -0.203. The second-order valence-corrected chi connectivity index (χ2v) is 3.95. The SMILES string of the molecule is CCN(C(=O)CCl)c1ccc(Cl)c(Cl)c1. The number of carbonyl (C=O) groups is 1. The topological polar surface area (TPSA) is 20.3 Å². The third-order valence-corrected chi connectivity index (χ3v) is 2.91. The lowest BCUT2D eigenvalue weighted by Gasteiger charge is -2.20. The van der Waals surface area contributed by atoms with E-state index in [1.807, 2.05) is 6.92 Å². The van der Waals surface area contributed by atoms with Crippen LogP contribution in [0.2, 0.25) is 10.0 Å². The first-order chi connectivity index (χ1) is 7.10. The molecule has 0 aliphatic heterocycles. The quantitative estimate of drug-likeness (QED) is 0.766. The number of carbonyl (C=O) groups excluding carboxylic acids is 1. The maximum atomic E-state index is 11.5. The summed E-state index contributed by atoms with van der Waals surface area (Å²) in [6.07, 6.45) is 0. The molecule has 82 valence electrons. The Balaban J connectivity index is 3.02. The summed E-state index contributed by atoms with van der Waals surface area (Å²) in [5, 5.41) is 0.893. The molecular weight excluding hydrogens is 256 g/mol. The van der Waals surface area contributed by atoms with Gasteiger partial charge in [0.25, 0.3) is 0 Å². The summed E-state index contributed by atoms with van der Waals surface area (Å²) in [4.78, 5) is 13.0. The van der Waals surface area contributed by atoms with Crippen molar-refractivity contribution in [3.63, 3.8) is 0 Å². The van der Waals surface area contributed by atoms with Gasteiger partial charge < -0.3 is 4.90 Å². The molecule has 5 heteroatoms. The van der Waals surface area contributed by atoms with Crippen molar-refractivity contribution in [1.82, 2.24) is 0 Å². The van der Waals surface area contributed by atoms with E-state index in [1.165, 1.54) is 0 Å². The van der Waals surface area contributed by atoms with Crippen LogP contribution in [0, 0.1) is 0 Å². The van der Waals surface area contributed by atoms with E-state index in [9.17, 15) is 4.79 Å². The lowest BCUT2D eigenvalue weighted by atomic mass is 10.3. The molecule has 1 aromatic rings. The van der Waals surface area contributed by atoms with Crippen LogP contribution >= 0.6 is 34.8 Å². The van der Waals surface area contributed by atoms with Crippen molar-refractivity contribution in [2.75, 3.05) is 17.3 Å². The minimum atomic E-state index is -0.155. The number of halogens is 3. The van der Waals surface area contributed by atoms with Gasteiger partial charge in [-0.15, -0.1) is 11.6 Å². The molecule has 0 aliphatic carbocycles. The Morgan fingerprint density at radius 1 is 1.33 bits per heavy atom. The Kier molecular flexibility index (Phi) is 4.71. The summed E-state index contributed by atoms with van der Waals surface area (Å²) in [5.41, 5.74) is 0.706. The number of amides is 1. The molecule has 15 heavy (non-hydrogen) atoms. The molecule has 0 atom stereocenters. The predicted octanol–water partition coefficient (Wildman–Crippen LogP) is 3.59. The lowest BCUT2D eigenvalue weighted by molar-refractivity contribution is -0.116. The predicted molar refractivity (Wildman–Crippen MR) is 65.2 cm³/mol. The molecule has 0 bridgehead atoms. The smallest absolute Gasteiger partial charge is 0.241 e. The highest BCUT2D eigenvalue weighted by molar-refractivity contribution is 6.42. The number of anilines is 1. The van der Waals surface area contributed by atoms with E-state index >= 15 is 0 Å². The van der Waals surface area contributed by atoms with Crippen molar-refractivity contribution in [2.24, 2.45) is 0 Å². The van der Waals surface area contributed by atoms with Crippen molar-refractivity contribution in [3.8, 4) is 0 Å². The molecule has 0 aromatic heterocycles. The van der Waals surface area contributed by atoms with Gasteiger partial charge in [0, 0.05) is 12.2 Å². The zero-order valence-electron chi connectivity index (χ0n) is 8.14. The van der Waals surface area contributed by atoms with Crippen LogP contribution in [0.25, 0.3) is 0 Å². The minimum Gasteiger partial charge on any atom is -0.312 e. The van der Waals surface area contributed by atoms with E-state index in [1.54, 1.807) is 23.1 Å². The standard InChI is InChI=1S/C10H10Cl3NO/c1-2-14(10(15)6-11)7-3-4-8(12)9(13)5-7/h3-5H,2,6H2,1H3. The molecule has 0 aliphatic rings. The van der Waals surface area contributed by atoms with E-state index in [-0.39, 0.29) is 11.8 Å². The van der Waals surface area contributed by atoms with Gasteiger partial charge in [-0.3, -0.25) is 4.79 Å². The highest BCUT2D eigenvalue weighted by Crippen LogP contribution is 2.27. The fourth-order valence-corrected chi connectivity index (χ4v) is 1.66. The van der Waals surface area contributed by atoms with Crippen LogP contribution in [-0.4, -0.2) is 18.3 Å². The molecule has 0 saturated heterocycles. The Labute approximate surface area is 104 Å². The van der Waals surface area contributed by atoms with Crippen molar-refractivity contribution >= 4 is 46.4 Å².